The second-order valence-corrected chi connectivity index (χ2v) is 10.1. The van der Waals surface area contributed by atoms with Crippen molar-refractivity contribution in [1.82, 2.24) is 10.2 Å². The molecule has 1 aliphatic heterocycles. The average Bonchev–Trinajstić information content (AvgIpc) is 2.98. The number of likely N-dealkylation sites (N-methyl/N-ethyl adjacent to an activating group) is 1. The number of carboxylic acids is 2. The number of benzene rings is 1. The van der Waals surface area contributed by atoms with Gasteiger partial charge in [0.2, 0.25) is 5.91 Å². The van der Waals surface area contributed by atoms with Gasteiger partial charge in [-0.25, -0.2) is 9.59 Å². The van der Waals surface area contributed by atoms with Gasteiger partial charge in [0.25, 0.3) is 0 Å². The lowest BCUT2D eigenvalue weighted by molar-refractivity contribution is -0.167. The third-order valence-corrected chi connectivity index (χ3v) is 6.91. The van der Waals surface area contributed by atoms with Crippen LogP contribution in [0.1, 0.15) is 64.9 Å². The lowest BCUT2D eigenvalue weighted by Crippen LogP contribution is -2.50. The van der Waals surface area contributed by atoms with Crippen LogP contribution in [-0.4, -0.2) is 75.8 Å². The summed E-state index contributed by atoms with van der Waals surface area (Å²) in [4.78, 5) is 50.3. The van der Waals surface area contributed by atoms with Crippen LogP contribution in [-0.2, 0) is 24.6 Å². The number of carboxylic acid groups (broad SMARTS) is 2. The number of carbonyl (C=O) groups excluding carboxylic acids is 2. The van der Waals surface area contributed by atoms with E-state index in [0.29, 0.717) is 0 Å². The summed E-state index contributed by atoms with van der Waals surface area (Å²) in [5.74, 6) is -5.35. The molecule has 0 bridgehead atoms. The van der Waals surface area contributed by atoms with Gasteiger partial charge in [-0.1, -0.05) is 39.3 Å². The van der Waals surface area contributed by atoms with E-state index in [1.807, 2.05) is 6.07 Å². The van der Waals surface area contributed by atoms with Crippen molar-refractivity contribution in [2.45, 2.75) is 76.4 Å². The summed E-state index contributed by atoms with van der Waals surface area (Å²) >= 11 is 0. The first kappa shape index (κ1) is 35.7. The predicted octanol–water partition coefficient (Wildman–Crippen LogP) is 2.40. The molecule has 1 heterocycles. The van der Waals surface area contributed by atoms with Gasteiger partial charge in [0.05, 0.1) is 12.8 Å². The normalized spacial score (nSPS) is 20.1. The van der Waals surface area contributed by atoms with Crippen LogP contribution in [0.3, 0.4) is 0 Å². The van der Waals surface area contributed by atoms with Crippen LogP contribution in [0.4, 0.5) is 0 Å². The summed E-state index contributed by atoms with van der Waals surface area (Å²) < 4.78 is 5.38. The molecule has 0 saturated carbocycles. The van der Waals surface area contributed by atoms with Gasteiger partial charge in [-0.05, 0) is 56.5 Å². The smallest absolute Gasteiger partial charge is 0.336 e. The molecule has 216 valence electrons. The molecule has 0 aromatic heterocycles. The van der Waals surface area contributed by atoms with Crippen molar-refractivity contribution < 1.29 is 39.2 Å². The second-order valence-electron chi connectivity index (χ2n) is 10.1. The standard InChI is InChI=1S/C26H38N2O8.2H2S/c1-5-25(11-6-7-12-28(4)16-25)18-9-8-10-19(13-18)36-21(30)15-26(35,24(33)34)14-20(29)27-22(17(2)3)23(31)32;;/h8-10,13,17,22,35H,5-7,11-12,14-16H2,1-4H3,(H,27,29)(H,31,32)(H,33,34);2*1H2/t22-,25?,26-;;/m0../s1. The fraction of sp³-hybridized carbons (Fsp3) is 0.615. The zero-order valence-corrected chi connectivity index (χ0v) is 24.5. The minimum atomic E-state index is -2.76. The molecule has 1 fully saturated rings. The van der Waals surface area contributed by atoms with Crippen molar-refractivity contribution in [2.75, 3.05) is 20.1 Å². The molecule has 1 saturated heterocycles. The highest BCUT2D eigenvalue weighted by Gasteiger charge is 2.42. The maximum Gasteiger partial charge on any atom is 0.336 e. The Morgan fingerprint density at radius 2 is 1.79 bits per heavy atom. The van der Waals surface area contributed by atoms with Crippen molar-refractivity contribution in [3.05, 3.63) is 29.8 Å². The van der Waals surface area contributed by atoms with Gasteiger partial charge < -0.3 is 30.3 Å². The van der Waals surface area contributed by atoms with Crippen LogP contribution in [0.2, 0.25) is 0 Å². The van der Waals surface area contributed by atoms with Gasteiger partial charge in [-0.15, -0.1) is 0 Å². The summed E-state index contributed by atoms with van der Waals surface area (Å²) in [6.07, 6.45) is 2.09. The highest BCUT2D eigenvalue weighted by atomic mass is 32.1. The van der Waals surface area contributed by atoms with E-state index in [1.54, 1.807) is 32.0 Å². The topological polar surface area (TPSA) is 153 Å². The summed E-state index contributed by atoms with van der Waals surface area (Å²) in [5, 5.41) is 31.5. The molecule has 3 atom stereocenters. The SMILES string of the molecule is CCC1(c2cccc(OC(=O)C[C@@](O)(CC(=O)N[C@H](C(=O)O)C(C)C)C(=O)O)c2)CCCCN(C)C1.S.S. The molecule has 1 aromatic rings. The number of nitrogens with zero attached hydrogens (tertiary/aromatic N) is 1. The minimum Gasteiger partial charge on any atom is -0.480 e. The third kappa shape index (κ3) is 9.48. The van der Waals surface area contributed by atoms with Crippen LogP contribution in [0.25, 0.3) is 0 Å². The quantitative estimate of drug-likeness (QED) is 0.230. The molecule has 1 amide bonds. The molecule has 12 heteroatoms. The van der Waals surface area contributed by atoms with E-state index in [2.05, 4.69) is 24.2 Å². The zero-order chi connectivity index (χ0) is 27.1. The fourth-order valence-electron chi connectivity index (χ4n) is 4.76. The van der Waals surface area contributed by atoms with Gasteiger partial charge in [0.15, 0.2) is 5.60 Å². The van der Waals surface area contributed by atoms with E-state index in [4.69, 9.17) is 4.74 Å². The molecule has 1 aliphatic rings. The highest BCUT2D eigenvalue weighted by molar-refractivity contribution is 7.59. The zero-order valence-electron chi connectivity index (χ0n) is 22.5. The fourth-order valence-corrected chi connectivity index (χ4v) is 4.76. The van der Waals surface area contributed by atoms with E-state index >= 15 is 0 Å². The number of aliphatic carboxylic acids is 2. The third-order valence-electron chi connectivity index (χ3n) is 6.91. The van der Waals surface area contributed by atoms with E-state index in [9.17, 15) is 34.5 Å². The van der Waals surface area contributed by atoms with E-state index in [0.717, 1.165) is 44.3 Å². The monoisotopic (exact) mass is 574 g/mol. The van der Waals surface area contributed by atoms with Crippen LogP contribution in [0.5, 0.6) is 5.75 Å². The van der Waals surface area contributed by atoms with Crippen molar-refractivity contribution in [3.8, 4) is 5.75 Å². The summed E-state index contributed by atoms with van der Waals surface area (Å²) in [6.45, 7) is 7.15. The highest BCUT2D eigenvalue weighted by Crippen LogP contribution is 2.37. The van der Waals surface area contributed by atoms with Gasteiger partial charge >= 0.3 is 17.9 Å². The van der Waals surface area contributed by atoms with Crippen molar-refractivity contribution in [3.63, 3.8) is 0 Å². The molecule has 38 heavy (non-hydrogen) atoms. The number of aliphatic hydroxyl groups is 1. The Morgan fingerprint density at radius 1 is 1.13 bits per heavy atom. The molecule has 0 aliphatic carbocycles. The maximum absolute atomic E-state index is 12.6. The van der Waals surface area contributed by atoms with E-state index < -0.39 is 54.2 Å². The number of amides is 1. The van der Waals surface area contributed by atoms with Gasteiger partial charge in [0.1, 0.15) is 11.8 Å². The summed E-state index contributed by atoms with van der Waals surface area (Å²) in [7, 11) is 2.09. The summed E-state index contributed by atoms with van der Waals surface area (Å²) in [5.41, 5.74) is -1.84. The average molecular weight is 575 g/mol. The number of nitrogens with one attached hydrogen (secondary N) is 1. The Bertz CT molecular complexity index is 976. The predicted molar refractivity (Wildman–Crippen MR) is 152 cm³/mol. The molecule has 1 unspecified atom stereocenters. The van der Waals surface area contributed by atoms with Crippen LogP contribution in [0.15, 0.2) is 24.3 Å². The van der Waals surface area contributed by atoms with Gasteiger partial charge in [-0.3, -0.25) is 9.59 Å². The number of esters is 1. The first-order valence-corrected chi connectivity index (χ1v) is 12.3. The van der Waals surface area contributed by atoms with Crippen LogP contribution >= 0.6 is 27.0 Å². The Labute approximate surface area is 238 Å². The van der Waals surface area contributed by atoms with Gasteiger partial charge in [0, 0.05) is 12.0 Å². The first-order valence-electron chi connectivity index (χ1n) is 12.3. The molecule has 10 nitrogen and oxygen atoms in total. The van der Waals surface area contributed by atoms with Crippen LogP contribution < -0.4 is 10.1 Å². The lowest BCUT2D eigenvalue weighted by atomic mass is 9.74. The van der Waals surface area contributed by atoms with Gasteiger partial charge in [-0.2, -0.15) is 27.0 Å². The Hall–Kier alpha value is -2.28. The maximum atomic E-state index is 12.6. The minimum absolute atomic E-state index is 0. The molecule has 0 radical (unpaired) electrons. The molecular formula is C26H42N2O8S2. The van der Waals surface area contributed by atoms with Crippen LogP contribution in [0, 0.1) is 5.92 Å². The second kappa shape index (κ2) is 15.3. The Balaban J connectivity index is 0.00000684. The number of hydrogen-bond donors (Lipinski definition) is 4. The van der Waals surface area contributed by atoms with E-state index in [1.165, 1.54) is 0 Å². The molecular weight excluding hydrogens is 532 g/mol. The van der Waals surface area contributed by atoms with Crippen molar-refractivity contribution in [2.24, 2.45) is 5.92 Å². The first-order chi connectivity index (χ1) is 16.8. The lowest BCUT2D eigenvalue weighted by Gasteiger charge is -2.35. The molecule has 1 aromatic carbocycles. The number of likely N-dealkylation sites (tertiary alicyclic amines) is 1. The molecule has 4 N–H and O–H groups in total. The molecule has 2 rings (SSSR count). The molecule has 0 spiro atoms. The number of rotatable bonds is 11. The van der Waals surface area contributed by atoms with Crippen molar-refractivity contribution in [1.29, 1.82) is 0 Å². The van der Waals surface area contributed by atoms with Crippen molar-refractivity contribution >= 4 is 50.8 Å². The summed E-state index contributed by atoms with van der Waals surface area (Å²) in [6, 6.07) is 5.85. The number of carbonyl (C=O) groups is 4. The largest absolute Gasteiger partial charge is 0.480 e. The Morgan fingerprint density at radius 3 is 2.34 bits per heavy atom. The Kier molecular flexibility index (Phi) is 14.4. The van der Waals surface area contributed by atoms with E-state index in [-0.39, 0.29) is 38.2 Å². The number of hydrogen-bond acceptors (Lipinski definition) is 7. The number of ether oxygens (including phenoxy) is 1.